The van der Waals surface area contributed by atoms with Crippen molar-refractivity contribution < 1.29 is 62.6 Å². The van der Waals surface area contributed by atoms with E-state index in [0.29, 0.717) is 24.3 Å². The molecule has 2 aromatic rings. The minimum absolute atomic E-state index is 0.0709. The van der Waals surface area contributed by atoms with E-state index in [2.05, 4.69) is 0 Å². The van der Waals surface area contributed by atoms with Gasteiger partial charge in [0, 0.05) is 0 Å². The normalized spacial score (nSPS) is 12.4. The van der Waals surface area contributed by atoms with Gasteiger partial charge in [-0.05, 0) is 35.9 Å². The summed E-state index contributed by atoms with van der Waals surface area (Å²) in [6.45, 7) is 0. The highest BCUT2D eigenvalue weighted by Gasteiger charge is 2.39. The standard InChI is InChI=1S/C10H6F6O2.C9H3F6N/c11-9(12,13)6-2-1-5(3-8(17)18)7(4-6)10(14,15)16;10-8(11,12)6-2-1-5(4-16)7(3-6)9(13,14)15/h1-2,4H,3H2,(H,17,18);1-3H. The zero-order chi connectivity index (χ0) is 26.7. The molecule has 0 amide bonds. The molecule has 3 nitrogen and oxygen atoms in total. The van der Waals surface area contributed by atoms with Gasteiger partial charge in [-0.15, -0.1) is 0 Å². The maximum atomic E-state index is 12.5. The Bertz CT molecular complexity index is 1070. The van der Waals surface area contributed by atoms with E-state index < -0.39 is 70.5 Å². The Labute approximate surface area is 181 Å². The predicted molar refractivity (Wildman–Crippen MR) is 88.9 cm³/mol. The SMILES string of the molecule is N#Cc1ccc(C(F)(F)F)cc1C(F)(F)F.O=C(O)Cc1ccc(C(F)(F)F)cc1C(F)(F)F. The van der Waals surface area contributed by atoms with E-state index in [0.717, 1.165) is 0 Å². The summed E-state index contributed by atoms with van der Waals surface area (Å²) in [4.78, 5) is 10.3. The number of carboxylic acid groups (broad SMARTS) is 1. The van der Waals surface area contributed by atoms with Crippen LogP contribution in [0.1, 0.15) is 33.4 Å². The second kappa shape index (κ2) is 9.82. The average Bonchev–Trinajstić information content (AvgIpc) is 2.64. The van der Waals surface area contributed by atoms with Crippen LogP contribution in [0.5, 0.6) is 0 Å². The van der Waals surface area contributed by atoms with Gasteiger partial charge >= 0.3 is 30.7 Å². The lowest BCUT2D eigenvalue weighted by Crippen LogP contribution is -2.15. The van der Waals surface area contributed by atoms with Crippen molar-refractivity contribution in [2.75, 3.05) is 0 Å². The summed E-state index contributed by atoms with van der Waals surface area (Å²) >= 11 is 0. The van der Waals surface area contributed by atoms with E-state index in [9.17, 15) is 57.5 Å². The Morgan fingerprint density at radius 2 is 1.12 bits per heavy atom. The van der Waals surface area contributed by atoms with Gasteiger partial charge in [0.1, 0.15) is 0 Å². The van der Waals surface area contributed by atoms with Gasteiger partial charge in [-0.3, -0.25) is 4.79 Å². The molecule has 0 aromatic heterocycles. The fourth-order valence-corrected chi connectivity index (χ4v) is 2.39. The highest BCUT2D eigenvalue weighted by atomic mass is 19.4. The zero-order valence-electron chi connectivity index (χ0n) is 16.0. The van der Waals surface area contributed by atoms with E-state index in [1.807, 2.05) is 0 Å². The summed E-state index contributed by atoms with van der Waals surface area (Å²) < 4.78 is 148. The molecule has 0 radical (unpaired) electrons. The number of carbonyl (C=O) groups is 1. The van der Waals surface area contributed by atoms with E-state index in [1.165, 1.54) is 6.07 Å². The number of nitrogens with zero attached hydrogens (tertiary/aromatic N) is 1. The molecule has 34 heavy (non-hydrogen) atoms. The van der Waals surface area contributed by atoms with Crippen LogP contribution in [-0.4, -0.2) is 11.1 Å². The molecule has 0 atom stereocenters. The number of rotatable bonds is 2. The van der Waals surface area contributed by atoms with Gasteiger partial charge in [-0.25, -0.2) is 0 Å². The molecule has 15 heteroatoms. The van der Waals surface area contributed by atoms with E-state index in [-0.39, 0.29) is 12.1 Å². The highest BCUT2D eigenvalue weighted by molar-refractivity contribution is 5.71. The molecular weight excluding hydrogens is 502 g/mol. The highest BCUT2D eigenvalue weighted by Crippen LogP contribution is 2.38. The molecule has 2 aromatic carbocycles. The summed E-state index contributed by atoms with van der Waals surface area (Å²) in [5.74, 6) is -1.56. The fraction of sp³-hybridized carbons (Fsp3) is 0.263. The molecule has 1 N–H and O–H groups in total. The van der Waals surface area contributed by atoms with Crippen LogP contribution in [0.4, 0.5) is 52.7 Å². The third kappa shape index (κ3) is 7.85. The Morgan fingerprint density at radius 3 is 1.47 bits per heavy atom. The monoisotopic (exact) mass is 511 g/mol. The van der Waals surface area contributed by atoms with E-state index in [4.69, 9.17) is 10.4 Å². The van der Waals surface area contributed by atoms with Crippen LogP contribution in [0.2, 0.25) is 0 Å². The molecule has 0 aliphatic heterocycles. The minimum atomic E-state index is -5.04. The van der Waals surface area contributed by atoms with Crippen LogP contribution in [-0.2, 0) is 35.9 Å². The molecule has 2 rings (SSSR count). The average molecular weight is 511 g/mol. The van der Waals surface area contributed by atoms with Crippen LogP contribution < -0.4 is 0 Å². The van der Waals surface area contributed by atoms with Crippen molar-refractivity contribution in [3.8, 4) is 6.07 Å². The molecule has 0 saturated heterocycles. The maximum Gasteiger partial charge on any atom is 0.417 e. The lowest BCUT2D eigenvalue weighted by atomic mass is 10.0. The van der Waals surface area contributed by atoms with Gasteiger partial charge in [-0.1, -0.05) is 6.07 Å². The molecule has 0 bridgehead atoms. The summed E-state index contributed by atoms with van der Waals surface area (Å²) in [6.07, 6.45) is -20.8. The molecule has 186 valence electrons. The summed E-state index contributed by atoms with van der Waals surface area (Å²) in [7, 11) is 0. The molecule has 0 spiro atoms. The lowest BCUT2D eigenvalue weighted by Gasteiger charge is -2.14. The molecular formula is C19H9F12NO2. The van der Waals surface area contributed by atoms with Crippen LogP contribution in [0.25, 0.3) is 0 Å². The quantitative estimate of drug-likeness (QED) is 0.444. The van der Waals surface area contributed by atoms with Gasteiger partial charge in [0.25, 0.3) is 0 Å². The van der Waals surface area contributed by atoms with Crippen LogP contribution in [0.3, 0.4) is 0 Å². The molecule has 0 aliphatic rings. The number of hydrogen-bond donors (Lipinski definition) is 1. The molecule has 0 aliphatic carbocycles. The van der Waals surface area contributed by atoms with Crippen molar-refractivity contribution in [2.45, 2.75) is 31.1 Å². The largest absolute Gasteiger partial charge is 0.481 e. The van der Waals surface area contributed by atoms with Crippen molar-refractivity contribution in [1.82, 2.24) is 0 Å². The van der Waals surface area contributed by atoms with Gasteiger partial charge in [0.15, 0.2) is 0 Å². The second-order valence-electron chi connectivity index (χ2n) is 6.31. The number of hydrogen-bond acceptors (Lipinski definition) is 2. The first-order valence-corrected chi connectivity index (χ1v) is 8.35. The van der Waals surface area contributed by atoms with Gasteiger partial charge < -0.3 is 5.11 Å². The number of nitriles is 1. The number of aliphatic carboxylic acids is 1. The first-order chi connectivity index (χ1) is 15.2. The summed E-state index contributed by atoms with van der Waals surface area (Å²) in [6, 6.07) is 2.93. The molecule has 0 saturated carbocycles. The third-order valence-electron chi connectivity index (χ3n) is 3.86. The topological polar surface area (TPSA) is 61.1 Å². The van der Waals surface area contributed by atoms with Crippen molar-refractivity contribution in [3.05, 3.63) is 69.8 Å². The second-order valence-corrected chi connectivity index (χ2v) is 6.31. The molecule has 0 fully saturated rings. The zero-order valence-corrected chi connectivity index (χ0v) is 16.0. The number of carboxylic acids is 1. The summed E-state index contributed by atoms with van der Waals surface area (Å²) in [5, 5.41) is 16.7. The minimum Gasteiger partial charge on any atom is -0.481 e. The Morgan fingerprint density at radius 1 is 0.706 bits per heavy atom. The van der Waals surface area contributed by atoms with Crippen molar-refractivity contribution in [1.29, 1.82) is 5.26 Å². The lowest BCUT2D eigenvalue weighted by molar-refractivity contribution is -0.145. The first-order valence-electron chi connectivity index (χ1n) is 8.35. The fourth-order valence-electron chi connectivity index (χ4n) is 2.39. The van der Waals surface area contributed by atoms with Crippen LogP contribution in [0, 0.1) is 11.3 Å². The predicted octanol–water partition coefficient (Wildman–Crippen LogP) is 6.95. The smallest absolute Gasteiger partial charge is 0.417 e. The Balaban J connectivity index is 0.000000342. The van der Waals surface area contributed by atoms with Gasteiger partial charge in [-0.2, -0.15) is 57.9 Å². The van der Waals surface area contributed by atoms with Crippen molar-refractivity contribution in [3.63, 3.8) is 0 Å². The van der Waals surface area contributed by atoms with Gasteiger partial charge in [0.05, 0.1) is 40.3 Å². The summed E-state index contributed by atoms with van der Waals surface area (Å²) in [5.41, 5.74) is -7.60. The van der Waals surface area contributed by atoms with Crippen molar-refractivity contribution in [2.24, 2.45) is 0 Å². The van der Waals surface area contributed by atoms with Gasteiger partial charge in [0.2, 0.25) is 0 Å². The van der Waals surface area contributed by atoms with Crippen LogP contribution >= 0.6 is 0 Å². The number of benzene rings is 2. The van der Waals surface area contributed by atoms with E-state index >= 15 is 0 Å². The number of halogens is 12. The maximum absolute atomic E-state index is 12.5. The van der Waals surface area contributed by atoms with Crippen LogP contribution in [0.15, 0.2) is 36.4 Å². The first kappa shape index (κ1) is 28.6. The molecule has 0 unspecified atom stereocenters. The Hall–Kier alpha value is -3.44. The van der Waals surface area contributed by atoms with E-state index in [1.54, 1.807) is 0 Å². The van der Waals surface area contributed by atoms with Crippen molar-refractivity contribution >= 4 is 5.97 Å². The third-order valence-corrected chi connectivity index (χ3v) is 3.86. The Kier molecular flexibility index (Phi) is 8.26. The number of alkyl halides is 12. The molecule has 0 heterocycles.